The van der Waals surface area contributed by atoms with Crippen LogP contribution in [0.5, 0.6) is 0 Å². The molecule has 6 fully saturated rings. The second-order valence-corrected chi connectivity index (χ2v) is 32.9. The molecule has 0 amide bonds. The molecule has 8 N–H and O–H groups in total. The summed E-state index contributed by atoms with van der Waals surface area (Å²) in [6, 6.07) is 13.6. The number of aryl methyl sites for hydroxylation is 4. The summed E-state index contributed by atoms with van der Waals surface area (Å²) < 4.78 is 18.1. The summed E-state index contributed by atoms with van der Waals surface area (Å²) in [5.41, 5.74) is 17.5. The molecule has 0 bridgehead atoms. The Balaban J connectivity index is 0.000000112. The summed E-state index contributed by atoms with van der Waals surface area (Å²) in [6.45, 7) is 11.9. The lowest BCUT2D eigenvalue weighted by Crippen LogP contribution is -2.30. The van der Waals surface area contributed by atoms with Gasteiger partial charge in [0.15, 0.2) is 22.6 Å². The first kappa shape index (κ1) is 76.0. The average molecular weight is 1690 g/mol. The molecule has 0 spiro atoms. The molecule has 16 heterocycles. The first-order valence-electron chi connectivity index (χ1n) is 39.8. The first-order valence-corrected chi connectivity index (χ1v) is 42.2. The third-order valence-electron chi connectivity index (χ3n) is 22.5. The second-order valence-electron chi connectivity index (χ2n) is 30.5. The normalized spacial score (nSPS) is 19.2. The number of nitrogens with one attached hydrogen (secondary N) is 8. The van der Waals surface area contributed by atoms with Crippen LogP contribution in [0.1, 0.15) is 168 Å². The van der Waals surface area contributed by atoms with E-state index in [1.165, 1.54) is 89.0 Å². The molecule has 31 heteroatoms. The lowest BCUT2D eigenvalue weighted by atomic mass is 9.94. The maximum absolute atomic E-state index is 5.13. The number of halogens is 3. The van der Waals surface area contributed by atoms with Gasteiger partial charge in [-0.15, -0.1) is 0 Å². The Morgan fingerprint density at radius 2 is 0.748 bits per heavy atom. The summed E-state index contributed by atoms with van der Waals surface area (Å²) >= 11 is 11.6. The zero-order valence-corrected chi connectivity index (χ0v) is 68.8. The largest absolute Gasteiger partial charge is 0.369 e. The third-order valence-corrected chi connectivity index (χ3v) is 24.8. The van der Waals surface area contributed by atoms with Gasteiger partial charge in [-0.3, -0.25) is 18.7 Å². The van der Waals surface area contributed by atoms with Gasteiger partial charge in [-0.1, -0.05) is 62.4 Å². The van der Waals surface area contributed by atoms with E-state index in [0.29, 0.717) is 35.8 Å². The number of benzene rings is 1. The van der Waals surface area contributed by atoms with Crippen LogP contribution in [0.4, 0.5) is 23.3 Å². The van der Waals surface area contributed by atoms with E-state index in [-0.39, 0.29) is 0 Å². The van der Waals surface area contributed by atoms with Crippen LogP contribution in [-0.4, -0.2) is 169 Å². The van der Waals surface area contributed by atoms with Crippen molar-refractivity contribution in [1.29, 1.82) is 0 Å². The lowest BCUT2D eigenvalue weighted by Gasteiger charge is -2.27. The van der Waals surface area contributed by atoms with Gasteiger partial charge in [0.1, 0.15) is 23.3 Å². The molecule has 13 aromatic rings. The second kappa shape index (κ2) is 35.0. The molecule has 4 saturated heterocycles. The summed E-state index contributed by atoms with van der Waals surface area (Å²) in [5, 5.41) is 64.6. The van der Waals surface area contributed by atoms with Gasteiger partial charge in [-0.05, 0) is 164 Å². The van der Waals surface area contributed by atoms with Gasteiger partial charge in [0, 0.05) is 179 Å². The number of fused-ring (bicyclic) bond motifs is 4. The van der Waals surface area contributed by atoms with Crippen molar-refractivity contribution in [2.24, 2.45) is 28.2 Å². The topological polar surface area (TPSA) is 288 Å². The molecule has 4 unspecified atom stereocenters. The minimum absolute atomic E-state index is 0.405. The highest BCUT2D eigenvalue weighted by molar-refractivity contribution is 9.11. The van der Waals surface area contributed by atoms with Crippen LogP contribution in [0.15, 0.2) is 124 Å². The molecule has 28 nitrogen and oxygen atoms in total. The van der Waals surface area contributed by atoms with Gasteiger partial charge in [0.25, 0.3) is 0 Å². The molecule has 111 heavy (non-hydrogen) atoms. The number of rotatable bonds is 17. The number of anilines is 4. The van der Waals surface area contributed by atoms with Crippen LogP contribution < -0.4 is 42.5 Å². The van der Waals surface area contributed by atoms with Crippen molar-refractivity contribution in [1.82, 2.24) is 119 Å². The average Bonchev–Trinajstić information content (AvgIpc) is 1.64. The molecule has 12 aromatic heterocycles. The van der Waals surface area contributed by atoms with Crippen LogP contribution in [-0.2, 0) is 34.7 Å². The van der Waals surface area contributed by atoms with Gasteiger partial charge in [-0.25, -0.2) is 19.9 Å². The molecule has 2 aliphatic carbocycles. The van der Waals surface area contributed by atoms with Gasteiger partial charge < -0.3 is 42.5 Å². The van der Waals surface area contributed by atoms with Crippen molar-refractivity contribution in [2.75, 3.05) is 80.2 Å². The van der Waals surface area contributed by atoms with Crippen molar-refractivity contribution in [3.8, 4) is 44.5 Å². The predicted octanol–water partition coefficient (Wildman–Crippen LogP) is 13.8. The molecule has 6 aliphatic rings. The van der Waals surface area contributed by atoms with Crippen LogP contribution >= 0.6 is 47.8 Å². The summed E-state index contributed by atoms with van der Waals surface area (Å²) in [6.07, 6.45) is 43.9. The van der Waals surface area contributed by atoms with E-state index in [1.54, 1.807) is 4.68 Å². The fourth-order valence-corrected chi connectivity index (χ4v) is 18.7. The van der Waals surface area contributed by atoms with E-state index in [2.05, 4.69) is 158 Å². The molecule has 19 rings (SSSR count). The molecule has 0 radical (unpaired) electrons. The van der Waals surface area contributed by atoms with Gasteiger partial charge in [0.2, 0.25) is 0 Å². The standard InChI is InChI=1S/C22H25N7.C21H28BrN7.C20H26BrN7.C17H22BrN7/c1-28-15-18(13-25-28)19-14-26-29-21(24-11-16-6-3-2-4-7-16)10-20(27-22(19)29)17-8-5-9-23-12-17;1-28-13-15(11-24-28)17-12-25-29-20(17)27-19(14-6-5-9-23-10-14)18(22)21(29)26-16-7-3-2-4-8-16;1-27-12-14(10-23-27)16-11-24-28-19(16)26-18(13-5-4-8-22-9-13)17(21)20(28)25-15-6-2-3-7-15;1-3-20-17-14(18)15(11-5-4-6-19-7-11)23-16-13(9-22-25(16)17)12-8-21-24(2)10-12/h2-4,6-7,10,13-15,17,23-24H,5,8-9,11-12H2,1H3;11-14,16,23,26H,2-10H2,1H3;10-13,15,22,25H,2-9H2,1H3;8-11,19-20H,3-7H2,1-2H3. The quantitative estimate of drug-likeness (QED) is 0.0420. The molecule has 4 atom stereocenters. The fourth-order valence-electron chi connectivity index (χ4n) is 16.6. The van der Waals surface area contributed by atoms with Crippen LogP contribution in [0, 0.1) is 0 Å². The minimum atomic E-state index is 0.405. The minimum Gasteiger partial charge on any atom is -0.369 e. The molecular weight excluding hydrogens is 1590 g/mol. The maximum Gasteiger partial charge on any atom is 0.165 e. The van der Waals surface area contributed by atoms with Crippen molar-refractivity contribution >= 4 is 93.6 Å². The summed E-state index contributed by atoms with van der Waals surface area (Å²) in [4.78, 5) is 20.3. The monoisotopic (exact) mass is 1690 g/mol. The van der Waals surface area contributed by atoms with Crippen LogP contribution in [0.3, 0.4) is 0 Å². The predicted molar refractivity (Wildman–Crippen MR) is 448 cm³/mol. The SMILES string of the molecule is CCNc1c(Br)c(C2CCCNC2)nc2c(-c3cnn(C)c3)cnn12.Cn1cc(-c2cnn3c(NC4CCCC4)c(Br)c(C4CCCNC4)nc23)cn1.Cn1cc(-c2cnn3c(NC4CCCCC4)c(Br)c(C4CCCNC4)nc23)cn1.Cn1cc(-c2cnn3c(NCc4ccccc4)cc(C4CCCNC4)nc23)cn1. The number of hydrogen-bond acceptors (Lipinski definition) is 20. The number of nitrogens with zero attached hydrogens (tertiary/aromatic N) is 20. The molecule has 582 valence electrons. The number of aromatic nitrogens is 20. The summed E-state index contributed by atoms with van der Waals surface area (Å²) in [5.74, 6) is 5.65. The van der Waals surface area contributed by atoms with Crippen LogP contribution in [0.2, 0.25) is 0 Å². The number of hydrogen-bond donors (Lipinski definition) is 8. The van der Waals surface area contributed by atoms with Crippen LogP contribution in [0.25, 0.3) is 67.1 Å². The van der Waals surface area contributed by atoms with E-state index in [9.17, 15) is 0 Å². The Hall–Kier alpha value is -8.98. The Morgan fingerprint density at radius 3 is 1.12 bits per heavy atom. The number of piperidine rings is 4. The highest BCUT2D eigenvalue weighted by Gasteiger charge is 2.31. The smallest absolute Gasteiger partial charge is 0.165 e. The zero-order chi connectivity index (χ0) is 75.9. The Kier molecular flexibility index (Phi) is 23.9. The molecular formula is C80H101Br3N28. The summed E-state index contributed by atoms with van der Waals surface area (Å²) in [7, 11) is 7.72. The van der Waals surface area contributed by atoms with Crippen molar-refractivity contribution in [2.45, 2.75) is 158 Å². The highest BCUT2D eigenvalue weighted by Crippen LogP contribution is 2.42. The molecule has 4 aliphatic heterocycles. The van der Waals surface area contributed by atoms with E-state index >= 15 is 0 Å². The maximum atomic E-state index is 5.13. The van der Waals surface area contributed by atoms with Gasteiger partial charge >= 0.3 is 0 Å². The van der Waals surface area contributed by atoms with E-state index in [1.807, 2.05) is 141 Å². The van der Waals surface area contributed by atoms with Crippen molar-refractivity contribution in [3.63, 3.8) is 0 Å². The first-order chi connectivity index (χ1) is 54.4. The molecule has 1 aromatic carbocycles. The zero-order valence-electron chi connectivity index (χ0n) is 64.0. The van der Waals surface area contributed by atoms with Gasteiger partial charge in [0.05, 0.1) is 85.8 Å². The fraction of sp³-hybridized carbons (Fsp3) is 0.475. The third kappa shape index (κ3) is 16.9. The Bertz CT molecular complexity index is 5280. The van der Waals surface area contributed by atoms with E-state index in [4.69, 9.17) is 30.1 Å². The van der Waals surface area contributed by atoms with Crippen molar-refractivity contribution in [3.05, 3.63) is 153 Å². The Morgan fingerprint density at radius 1 is 0.387 bits per heavy atom. The lowest BCUT2D eigenvalue weighted by molar-refractivity contribution is 0.451. The van der Waals surface area contributed by atoms with E-state index < -0.39 is 0 Å². The van der Waals surface area contributed by atoms with Gasteiger partial charge in [-0.2, -0.15) is 58.9 Å². The van der Waals surface area contributed by atoms with Crippen molar-refractivity contribution < 1.29 is 0 Å². The molecule has 2 saturated carbocycles. The van der Waals surface area contributed by atoms with E-state index in [0.717, 1.165) is 218 Å². The Labute approximate surface area is 671 Å². The highest BCUT2D eigenvalue weighted by atomic mass is 79.9.